The number of benzene rings is 9. The molecule has 0 N–H and O–H groups in total. The van der Waals surface area contributed by atoms with Crippen LogP contribution in [0.15, 0.2) is 174 Å². The summed E-state index contributed by atoms with van der Waals surface area (Å²) in [4.78, 5) is 0. The number of fused-ring (bicyclic) bond motifs is 8. The van der Waals surface area contributed by atoms with E-state index in [-0.39, 0.29) is 0 Å². The fourth-order valence-corrected chi connectivity index (χ4v) is 7.68. The standard InChI is InChI=1S/C46H28O/c1-2-12-30(13-3-1)43-37-15-6-8-17-39(37)44(40-18-9-7-16-38(40)43)34-24-22-31-27-33(23-21-32(31)28-34)36-19-10-20-41-42-26-25-29-11-4-5-14-35(29)45(42)47-46(36)41/h1-28H. The van der Waals surface area contributed by atoms with Gasteiger partial charge >= 0.3 is 0 Å². The summed E-state index contributed by atoms with van der Waals surface area (Å²) >= 11 is 0. The molecule has 0 saturated carbocycles. The van der Waals surface area contributed by atoms with Gasteiger partial charge in [0, 0.05) is 21.7 Å². The van der Waals surface area contributed by atoms with E-state index in [1.165, 1.54) is 60.0 Å². The number of hydrogen-bond donors (Lipinski definition) is 0. The topological polar surface area (TPSA) is 13.1 Å². The van der Waals surface area contributed by atoms with Gasteiger partial charge in [-0.05, 0) is 83.7 Å². The molecule has 1 nitrogen and oxygen atoms in total. The van der Waals surface area contributed by atoms with Crippen molar-refractivity contribution in [1.29, 1.82) is 0 Å². The van der Waals surface area contributed by atoms with Crippen LogP contribution in [0, 0.1) is 0 Å². The van der Waals surface area contributed by atoms with Crippen molar-refractivity contribution in [3.8, 4) is 33.4 Å². The Balaban J connectivity index is 1.15. The molecular formula is C46H28O. The lowest BCUT2D eigenvalue weighted by molar-refractivity contribution is 0.674. The van der Waals surface area contributed by atoms with Crippen molar-refractivity contribution in [2.75, 3.05) is 0 Å². The Bertz CT molecular complexity index is 2780. The maximum atomic E-state index is 6.66. The highest BCUT2D eigenvalue weighted by molar-refractivity contribution is 6.22. The van der Waals surface area contributed by atoms with Gasteiger partial charge in [-0.15, -0.1) is 0 Å². The lowest BCUT2D eigenvalue weighted by Gasteiger charge is -2.18. The molecular weight excluding hydrogens is 569 g/mol. The molecule has 1 aromatic heterocycles. The molecule has 0 fully saturated rings. The van der Waals surface area contributed by atoms with Crippen molar-refractivity contribution in [2.45, 2.75) is 0 Å². The molecule has 10 aromatic rings. The molecule has 218 valence electrons. The van der Waals surface area contributed by atoms with Crippen molar-refractivity contribution < 1.29 is 4.42 Å². The summed E-state index contributed by atoms with van der Waals surface area (Å²) in [5, 5.41) is 12.2. The second-order valence-electron chi connectivity index (χ2n) is 12.4. The minimum Gasteiger partial charge on any atom is -0.455 e. The van der Waals surface area contributed by atoms with Gasteiger partial charge in [0.15, 0.2) is 0 Å². The van der Waals surface area contributed by atoms with Gasteiger partial charge in [-0.1, -0.05) is 152 Å². The predicted octanol–water partition coefficient (Wildman–Crippen LogP) is 13.2. The summed E-state index contributed by atoms with van der Waals surface area (Å²) in [6, 6.07) is 61.5. The summed E-state index contributed by atoms with van der Waals surface area (Å²) < 4.78 is 6.66. The lowest BCUT2D eigenvalue weighted by Crippen LogP contribution is -1.90. The first-order valence-electron chi connectivity index (χ1n) is 16.2. The van der Waals surface area contributed by atoms with Gasteiger partial charge < -0.3 is 4.42 Å². The summed E-state index contributed by atoms with van der Waals surface area (Å²) in [5.41, 5.74) is 9.19. The highest BCUT2D eigenvalue weighted by atomic mass is 16.3. The Labute approximate surface area is 271 Å². The van der Waals surface area contributed by atoms with E-state index in [4.69, 9.17) is 4.42 Å². The van der Waals surface area contributed by atoms with Crippen LogP contribution in [0.2, 0.25) is 0 Å². The van der Waals surface area contributed by atoms with Crippen LogP contribution in [0.1, 0.15) is 0 Å². The van der Waals surface area contributed by atoms with E-state index in [1.807, 2.05) is 0 Å². The third-order valence-electron chi connectivity index (χ3n) is 9.82. The van der Waals surface area contributed by atoms with E-state index in [1.54, 1.807) is 0 Å². The Kier molecular flexibility index (Phi) is 5.64. The SMILES string of the molecule is c1ccc(-c2c3ccccc3c(-c3ccc4cc(-c5cccc6c5oc5c7ccccc7ccc65)ccc4c3)c3ccccc23)cc1. The van der Waals surface area contributed by atoms with Crippen molar-refractivity contribution in [3.63, 3.8) is 0 Å². The van der Waals surface area contributed by atoms with Gasteiger partial charge in [-0.3, -0.25) is 0 Å². The van der Waals surface area contributed by atoms with E-state index in [9.17, 15) is 0 Å². The summed E-state index contributed by atoms with van der Waals surface area (Å²) in [6.07, 6.45) is 0. The van der Waals surface area contributed by atoms with E-state index < -0.39 is 0 Å². The second kappa shape index (κ2) is 10.2. The molecule has 47 heavy (non-hydrogen) atoms. The van der Waals surface area contributed by atoms with E-state index in [2.05, 4.69) is 170 Å². The van der Waals surface area contributed by atoms with Crippen LogP contribution in [0.25, 0.3) is 98.4 Å². The molecule has 0 bridgehead atoms. The van der Waals surface area contributed by atoms with Gasteiger partial charge in [-0.2, -0.15) is 0 Å². The molecule has 0 aliphatic rings. The molecule has 0 spiro atoms. The van der Waals surface area contributed by atoms with Gasteiger partial charge in [-0.25, -0.2) is 0 Å². The first-order chi connectivity index (χ1) is 23.3. The molecule has 0 amide bonds. The van der Waals surface area contributed by atoms with Crippen molar-refractivity contribution in [2.24, 2.45) is 0 Å². The summed E-state index contributed by atoms with van der Waals surface area (Å²) in [7, 11) is 0. The fourth-order valence-electron chi connectivity index (χ4n) is 7.68. The van der Waals surface area contributed by atoms with Crippen molar-refractivity contribution in [3.05, 3.63) is 170 Å². The molecule has 9 aromatic carbocycles. The van der Waals surface area contributed by atoms with Gasteiger partial charge in [0.25, 0.3) is 0 Å². The number of rotatable bonds is 3. The molecule has 0 radical (unpaired) electrons. The third-order valence-corrected chi connectivity index (χ3v) is 9.82. The Morgan fingerprint density at radius 2 is 0.787 bits per heavy atom. The van der Waals surface area contributed by atoms with Crippen LogP contribution in [0.3, 0.4) is 0 Å². The Hall–Kier alpha value is -6.18. The van der Waals surface area contributed by atoms with Gasteiger partial charge in [0.05, 0.1) is 0 Å². The van der Waals surface area contributed by atoms with E-state index in [0.29, 0.717) is 0 Å². The maximum absolute atomic E-state index is 6.66. The zero-order chi connectivity index (χ0) is 30.9. The highest BCUT2D eigenvalue weighted by Gasteiger charge is 2.18. The average molecular weight is 597 g/mol. The van der Waals surface area contributed by atoms with E-state index in [0.717, 1.165) is 38.5 Å². The molecule has 1 heteroatoms. The molecule has 0 aliphatic carbocycles. The Morgan fingerprint density at radius 3 is 1.49 bits per heavy atom. The normalized spacial score (nSPS) is 11.8. The Morgan fingerprint density at radius 1 is 0.277 bits per heavy atom. The zero-order valence-electron chi connectivity index (χ0n) is 25.6. The minimum absolute atomic E-state index is 0.936. The smallest absolute Gasteiger partial charge is 0.143 e. The van der Waals surface area contributed by atoms with E-state index >= 15 is 0 Å². The second-order valence-corrected chi connectivity index (χ2v) is 12.4. The fraction of sp³-hybridized carbons (Fsp3) is 0. The first-order valence-corrected chi connectivity index (χ1v) is 16.2. The molecule has 0 atom stereocenters. The van der Waals surface area contributed by atoms with Crippen molar-refractivity contribution >= 4 is 65.0 Å². The molecule has 0 aliphatic heterocycles. The maximum Gasteiger partial charge on any atom is 0.143 e. The number of furan rings is 1. The zero-order valence-corrected chi connectivity index (χ0v) is 25.6. The molecule has 10 rings (SSSR count). The number of hydrogen-bond acceptors (Lipinski definition) is 1. The monoisotopic (exact) mass is 596 g/mol. The molecule has 1 heterocycles. The van der Waals surface area contributed by atoms with Crippen LogP contribution in [-0.2, 0) is 0 Å². The molecule has 0 saturated heterocycles. The third kappa shape index (κ3) is 3.97. The van der Waals surface area contributed by atoms with Gasteiger partial charge in [0.2, 0.25) is 0 Å². The number of para-hydroxylation sites is 1. The van der Waals surface area contributed by atoms with Gasteiger partial charge in [0.1, 0.15) is 11.2 Å². The highest BCUT2D eigenvalue weighted by Crippen LogP contribution is 2.44. The van der Waals surface area contributed by atoms with Crippen molar-refractivity contribution in [1.82, 2.24) is 0 Å². The van der Waals surface area contributed by atoms with Crippen LogP contribution in [0.4, 0.5) is 0 Å². The van der Waals surface area contributed by atoms with Crippen LogP contribution in [-0.4, -0.2) is 0 Å². The average Bonchev–Trinajstić information content (AvgIpc) is 3.53. The largest absolute Gasteiger partial charge is 0.455 e. The lowest BCUT2D eigenvalue weighted by atomic mass is 9.85. The van der Waals surface area contributed by atoms with Crippen LogP contribution < -0.4 is 0 Å². The summed E-state index contributed by atoms with van der Waals surface area (Å²) in [6.45, 7) is 0. The minimum atomic E-state index is 0.936. The predicted molar refractivity (Wildman–Crippen MR) is 200 cm³/mol. The quantitative estimate of drug-likeness (QED) is 0.185. The molecule has 0 unspecified atom stereocenters. The van der Waals surface area contributed by atoms with Crippen LogP contribution in [0.5, 0.6) is 0 Å². The summed E-state index contributed by atoms with van der Waals surface area (Å²) in [5.74, 6) is 0. The van der Waals surface area contributed by atoms with Crippen LogP contribution >= 0.6 is 0 Å². The first kappa shape index (κ1) is 26.1.